The molecular weight excluding hydrogens is 204 g/mol. The van der Waals surface area contributed by atoms with Crippen LogP contribution in [0.3, 0.4) is 0 Å². The number of carbonyl (C=O) groups excluding carboxylic acids is 1. The van der Waals surface area contributed by atoms with Gasteiger partial charge in [0.1, 0.15) is 6.10 Å². The number of cyclic esters (lactones) is 1. The van der Waals surface area contributed by atoms with Gasteiger partial charge < -0.3 is 9.84 Å². The Balaban J connectivity index is 2.23. The summed E-state index contributed by atoms with van der Waals surface area (Å²) in [5, 5.41) is 9.58. The number of ether oxygens (including phenoxy) is 1. The first kappa shape index (κ1) is 13.2. The highest BCUT2D eigenvalue weighted by Gasteiger charge is 2.29. The van der Waals surface area contributed by atoms with E-state index in [1.54, 1.807) is 0 Å². The van der Waals surface area contributed by atoms with E-state index in [1.165, 1.54) is 0 Å². The van der Waals surface area contributed by atoms with E-state index in [0.717, 1.165) is 25.7 Å². The molecule has 0 bridgehead atoms. The molecule has 1 N–H and O–H groups in total. The molecule has 0 spiro atoms. The van der Waals surface area contributed by atoms with E-state index >= 15 is 0 Å². The van der Waals surface area contributed by atoms with Crippen molar-refractivity contribution in [2.75, 3.05) is 0 Å². The quantitative estimate of drug-likeness (QED) is 0.559. The topological polar surface area (TPSA) is 46.5 Å². The molecule has 3 nitrogen and oxygen atoms in total. The minimum atomic E-state index is -0.354. The molecule has 3 atom stereocenters. The third-order valence-corrected chi connectivity index (χ3v) is 2.99. The molecule has 1 heterocycles. The highest BCUT2D eigenvalue weighted by Crippen LogP contribution is 2.24. The van der Waals surface area contributed by atoms with Crippen molar-refractivity contribution < 1.29 is 14.6 Å². The maximum Gasteiger partial charge on any atom is 0.306 e. The summed E-state index contributed by atoms with van der Waals surface area (Å²) in [5.74, 6) is 0.197. The highest BCUT2D eigenvalue weighted by molar-refractivity contribution is 5.72. The fraction of sp³-hybridized carbons (Fsp3) is 0.769. The smallest absolute Gasteiger partial charge is 0.306 e. The molecule has 0 aliphatic carbocycles. The first-order chi connectivity index (χ1) is 7.63. The van der Waals surface area contributed by atoms with Crippen LogP contribution in [0.25, 0.3) is 0 Å². The van der Waals surface area contributed by atoms with Gasteiger partial charge in [-0.25, -0.2) is 0 Å². The SMILES string of the molecule is CCCCC(O)C=CCC1OC(=O)CC1C. The van der Waals surface area contributed by atoms with Gasteiger partial charge in [-0.2, -0.15) is 0 Å². The summed E-state index contributed by atoms with van der Waals surface area (Å²) in [6.45, 7) is 4.13. The van der Waals surface area contributed by atoms with Crippen molar-refractivity contribution in [3.63, 3.8) is 0 Å². The van der Waals surface area contributed by atoms with Crippen LogP contribution in [-0.4, -0.2) is 23.3 Å². The molecule has 92 valence electrons. The van der Waals surface area contributed by atoms with E-state index < -0.39 is 0 Å². The first-order valence-electron chi connectivity index (χ1n) is 6.17. The van der Waals surface area contributed by atoms with E-state index in [4.69, 9.17) is 4.74 Å². The van der Waals surface area contributed by atoms with Crippen LogP contribution >= 0.6 is 0 Å². The van der Waals surface area contributed by atoms with Gasteiger partial charge in [0, 0.05) is 12.3 Å². The molecule has 16 heavy (non-hydrogen) atoms. The van der Waals surface area contributed by atoms with Gasteiger partial charge in [-0.3, -0.25) is 4.79 Å². The van der Waals surface area contributed by atoms with Gasteiger partial charge in [0.2, 0.25) is 0 Å². The number of rotatable bonds is 6. The van der Waals surface area contributed by atoms with Crippen LogP contribution in [0, 0.1) is 5.92 Å². The zero-order valence-corrected chi connectivity index (χ0v) is 10.2. The van der Waals surface area contributed by atoms with Crippen molar-refractivity contribution in [2.45, 2.75) is 58.2 Å². The number of aliphatic hydroxyl groups is 1. The molecule has 0 saturated carbocycles. The number of aliphatic hydroxyl groups excluding tert-OH is 1. The molecule has 1 saturated heterocycles. The standard InChI is InChI=1S/C13H22O3/c1-3-4-6-11(14)7-5-8-12-10(2)9-13(15)16-12/h5,7,10-12,14H,3-4,6,8-9H2,1-2H3. The van der Waals surface area contributed by atoms with Crippen LogP contribution in [-0.2, 0) is 9.53 Å². The Morgan fingerprint density at radius 1 is 1.62 bits per heavy atom. The Morgan fingerprint density at radius 3 is 2.94 bits per heavy atom. The summed E-state index contributed by atoms with van der Waals surface area (Å²) in [5.41, 5.74) is 0. The molecule has 1 aliphatic rings. The monoisotopic (exact) mass is 226 g/mol. The summed E-state index contributed by atoms with van der Waals surface area (Å²) in [4.78, 5) is 11.0. The molecule has 0 amide bonds. The van der Waals surface area contributed by atoms with E-state index in [9.17, 15) is 9.90 Å². The molecular formula is C13H22O3. The van der Waals surface area contributed by atoms with Crippen molar-refractivity contribution in [2.24, 2.45) is 5.92 Å². The van der Waals surface area contributed by atoms with Gasteiger partial charge >= 0.3 is 5.97 Å². The first-order valence-corrected chi connectivity index (χ1v) is 6.17. The van der Waals surface area contributed by atoms with E-state index in [-0.39, 0.29) is 18.2 Å². The van der Waals surface area contributed by atoms with Crippen molar-refractivity contribution in [1.29, 1.82) is 0 Å². The second kappa shape index (κ2) is 6.69. The lowest BCUT2D eigenvalue weighted by molar-refractivity contribution is -0.141. The maximum atomic E-state index is 11.0. The van der Waals surface area contributed by atoms with Gasteiger partial charge in [0.05, 0.1) is 12.5 Å². The van der Waals surface area contributed by atoms with Crippen LogP contribution in [0.4, 0.5) is 0 Å². The number of hydrogen-bond donors (Lipinski definition) is 1. The molecule has 0 radical (unpaired) electrons. The number of carbonyl (C=O) groups is 1. The van der Waals surface area contributed by atoms with Gasteiger partial charge in [0.15, 0.2) is 0 Å². The Kier molecular flexibility index (Phi) is 5.53. The molecule has 3 unspecified atom stereocenters. The molecule has 0 aromatic heterocycles. The van der Waals surface area contributed by atoms with E-state index in [1.807, 2.05) is 19.1 Å². The highest BCUT2D eigenvalue weighted by atomic mass is 16.5. The number of esters is 1. The zero-order chi connectivity index (χ0) is 12.0. The van der Waals surface area contributed by atoms with Crippen molar-refractivity contribution >= 4 is 5.97 Å². The summed E-state index contributed by atoms with van der Waals surface area (Å²) in [6.07, 6.45) is 7.59. The largest absolute Gasteiger partial charge is 0.462 e. The van der Waals surface area contributed by atoms with Crippen LogP contribution in [0.1, 0.15) is 46.0 Å². The third kappa shape index (κ3) is 4.35. The molecule has 0 aromatic carbocycles. The number of unbranched alkanes of at least 4 members (excludes halogenated alkanes) is 1. The predicted molar refractivity (Wildman–Crippen MR) is 62.9 cm³/mol. The lowest BCUT2D eigenvalue weighted by Gasteiger charge is -2.11. The van der Waals surface area contributed by atoms with Crippen molar-refractivity contribution in [1.82, 2.24) is 0 Å². The lowest BCUT2D eigenvalue weighted by atomic mass is 10.0. The maximum absolute atomic E-state index is 11.0. The van der Waals surface area contributed by atoms with Gasteiger partial charge in [-0.1, -0.05) is 38.8 Å². The average molecular weight is 226 g/mol. The normalized spacial score (nSPS) is 27.3. The van der Waals surface area contributed by atoms with Crippen molar-refractivity contribution in [3.05, 3.63) is 12.2 Å². The van der Waals surface area contributed by atoms with Crippen molar-refractivity contribution in [3.8, 4) is 0 Å². The predicted octanol–water partition coefficient (Wildman–Crippen LogP) is 2.44. The van der Waals surface area contributed by atoms with Crippen LogP contribution in [0.2, 0.25) is 0 Å². The van der Waals surface area contributed by atoms with Crippen LogP contribution in [0.15, 0.2) is 12.2 Å². The van der Waals surface area contributed by atoms with E-state index in [2.05, 4.69) is 6.92 Å². The third-order valence-electron chi connectivity index (χ3n) is 2.99. The Labute approximate surface area is 97.5 Å². The lowest BCUT2D eigenvalue weighted by Crippen LogP contribution is -2.12. The summed E-state index contributed by atoms with van der Waals surface area (Å²) in [6, 6.07) is 0. The number of hydrogen-bond acceptors (Lipinski definition) is 3. The molecule has 0 aromatic rings. The van der Waals surface area contributed by atoms with Crippen LogP contribution < -0.4 is 0 Å². The molecule has 3 heteroatoms. The Hall–Kier alpha value is -0.830. The fourth-order valence-electron chi connectivity index (χ4n) is 1.89. The summed E-state index contributed by atoms with van der Waals surface area (Å²) in [7, 11) is 0. The minimum Gasteiger partial charge on any atom is -0.462 e. The molecule has 1 fully saturated rings. The minimum absolute atomic E-state index is 0.00197. The Morgan fingerprint density at radius 2 is 2.38 bits per heavy atom. The average Bonchev–Trinajstić information content (AvgIpc) is 2.55. The van der Waals surface area contributed by atoms with Crippen LogP contribution in [0.5, 0.6) is 0 Å². The van der Waals surface area contributed by atoms with E-state index in [0.29, 0.717) is 12.3 Å². The Bertz CT molecular complexity index is 248. The summed E-state index contributed by atoms with van der Waals surface area (Å²) < 4.78 is 5.16. The molecule has 1 rings (SSSR count). The van der Waals surface area contributed by atoms with Gasteiger partial charge in [-0.05, 0) is 6.42 Å². The fourth-order valence-corrected chi connectivity index (χ4v) is 1.89. The van der Waals surface area contributed by atoms with Gasteiger partial charge in [-0.15, -0.1) is 0 Å². The second-order valence-electron chi connectivity index (χ2n) is 4.58. The molecule has 1 aliphatic heterocycles. The summed E-state index contributed by atoms with van der Waals surface area (Å²) >= 11 is 0. The second-order valence-corrected chi connectivity index (χ2v) is 4.58. The van der Waals surface area contributed by atoms with Gasteiger partial charge in [0.25, 0.3) is 0 Å². The zero-order valence-electron chi connectivity index (χ0n) is 10.2.